The van der Waals surface area contributed by atoms with E-state index >= 15 is 0 Å². The number of unbranched alkanes of at least 4 members (excludes halogenated alkanes) is 1. The molecule has 1 aliphatic rings. The van der Waals surface area contributed by atoms with Gasteiger partial charge < -0.3 is 25.0 Å². The van der Waals surface area contributed by atoms with Crippen molar-refractivity contribution in [2.45, 2.75) is 39.2 Å². The van der Waals surface area contributed by atoms with Crippen molar-refractivity contribution in [1.29, 1.82) is 0 Å². The number of ether oxygens (including phenoxy) is 1. The number of aliphatic carboxylic acids is 2. The number of carbonyl (C=O) groups is 2. The fourth-order valence-electron chi connectivity index (χ4n) is 3.99. The minimum Gasteiger partial charge on any atom is -0.497 e. The summed E-state index contributed by atoms with van der Waals surface area (Å²) in [6, 6.07) is 7.75. The third kappa shape index (κ3) is 8.89. The standard InChI is InChI=1S/C23H35N3O2.C2H2O4/c1-18(2)6-4-5-11-25-12-14-26(15-13-25)17-23(27)20-9-10-24-22-8-7-19(28-3)16-21(20)22;3-1(4)2(5)6/h7-10,16,18,23,27H,4-6,11-15,17H2,1-3H3;(H,3,4)(H,5,6)/t23-;/m0./s1. The Bertz CT molecular complexity index is 916. The molecule has 1 aromatic heterocycles. The summed E-state index contributed by atoms with van der Waals surface area (Å²) in [6.45, 7) is 10.7. The molecule has 3 rings (SSSR count). The molecule has 1 fully saturated rings. The molecule has 0 unspecified atom stereocenters. The zero-order valence-corrected chi connectivity index (χ0v) is 20.3. The summed E-state index contributed by atoms with van der Waals surface area (Å²) in [6.07, 6.45) is 5.22. The number of aliphatic hydroxyl groups is 1. The van der Waals surface area contributed by atoms with Gasteiger partial charge in [0.05, 0.1) is 18.7 Å². The van der Waals surface area contributed by atoms with Gasteiger partial charge in [-0.1, -0.05) is 26.7 Å². The highest BCUT2D eigenvalue weighted by Gasteiger charge is 2.21. The van der Waals surface area contributed by atoms with Crippen molar-refractivity contribution in [2.75, 3.05) is 46.4 Å². The highest BCUT2D eigenvalue weighted by molar-refractivity contribution is 6.27. The Morgan fingerprint density at radius 2 is 1.68 bits per heavy atom. The van der Waals surface area contributed by atoms with Crippen molar-refractivity contribution in [3.05, 3.63) is 36.0 Å². The molecule has 1 aromatic carbocycles. The summed E-state index contributed by atoms with van der Waals surface area (Å²) in [7, 11) is 1.66. The van der Waals surface area contributed by atoms with Crippen LogP contribution in [0.1, 0.15) is 44.8 Å². The first-order chi connectivity index (χ1) is 16.2. The van der Waals surface area contributed by atoms with Gasteiger partial charge in [0.25, 0.3) is 0 Å². The number of nitrogens with zero attached hydrogens (tertiary/aromatic N) is 3. The second kappa shape index (κ2) is 13.8. The zero-order chi connectivity index (χ0) is 25.1. The molecule has 0 spiro atoms. The van der Waals surface area contributed by atoms with Gasteiger partial charge in [0.15, 0.2) is 0 Å². The van der Waals surface area contributed by atoms with Crippen molar-refractivity contribution in [2.24, 2.45) is 5.92 Å². The van der Waals surface area contributed by atoms with Crippen LogP contribution >= 0.6 is 0 Å². The molecule has 9 nitrogen and oxygen atoms in total. The molecule has 188 valence electrons. The molecule has 2 heterocycles. The van der Waals surface area contributed by atoms with E-state index in [1.807, 2.05) is 24.3 Å². The van der Waals surface area contributed by atoms with Crippen molar-refractivity contribution in [3.63, 3.8) is 0 Å². The number of β-amino-alcohol motifs (C(OH)–C–C–N with tert-alkyl or cyclic N) is 1. The quantitative estimate of drug-likeness (QED) is 0.371. The highest BCUT2D eigenvalue weighted by atomic mass is 16.5. The summed E-state index contributed by atoms with van der Waals surface area (Å²) in [5.41, 5.74) is 1.82. The SMILES string of the molecule is COc1ccc2nccc([C@@H](O)CN3CCN(CCCCC(C)C)CC3)c2c1.O=C(O)C(=O)O. The van der Waals surface area contributed by atoms with E-state index in [1.165, 1.54) is 25.8 Å². The highest BCUT2D eigenvalue weighted by Crippen LogP contribution is 2.27. The second-order valence-corrected chi connectivity index (χ2v) is 8.94. The molecule has 0 radical (unpaired) electrons. The van der Waals surface area contributed by atoms with E-state index in [0.29, 0.717) is 6.54 Å². The number of carboxylic acids is 2. The van der Waals surface area contributed by atoms with Crippen molar-refractivity contribution in [3.8, 4) is 5.75 Å². The van der Waals surface area contributed by atoms with E-state index < -0.39 is 18.0 Å². The Morgan fingerprint density at radius 1 is 1.03 bits per heavy atom. The molecule has 1 aliphatic heterocycles. The third-order valence-corrected chi connectivity index (χ3v) is 5.93. The van der Waals surface area contributed by atoms with E-state index in [0.717, 1.165) is 54.3 Å². The monoisotopic (exact) mass is 475 g/mol. The number of hydrogen-bond donors (Lipinski definition) is 3. The first-order valence-electron chi connectivity index (χ1n) is 11.7. The molecule has 0 saturated carbocycles. The number of aliphatic hydroxyl groups excluding tert-OH is 1. The summed E-state index contributed by atoms with van der Waals surface area (Å²) in [4.78, 5) is 27.6. The van der Waals surface area contributed by atoms with Crippen LogP contribution in [0.2, 0.25) is 0 Å². The smallest absolute Gasteiger partial charge is 0.414 e. The van der Waals surface area contributed by atoms with E-state index in [4.69, 9.17) is 24.5 Å². The van der Waals surface area contributed by atoms with Crippen molar-refractivity contribution >= 4 is 22.8 Å². The number of fused-ring (bicyclic) bond motifs is 1. The lowest BCUT2D eigenvalue weighted by atomic mass is 10.0. The van der Waals surface area contributed by atoms with Crippen LogP contribution < -0.4 is 4.74 Å². The van der Waals surface area contributed by atoms with Gasteiger partial charge in [-0.15, -0.1) is 0 Å². The van der Waals surface area contributed by atoms with Crippen molar-refractivity contribution < 1.29 is 29.6 Å². The maximum Gasteiger partial charge on any atom is 0.414 e. The molecule has 1 saturated heterocycles. The maximum atomic E-state index is 10.9. The van der Waals surface area contributed by atoms with Gasteiger partial charge in [0, 0.05) is 44.3 Å². The van der Waals surface area contributed by atoms with Gasteiger partial charge in [-0.25, -0.2) is 9.59 Å². The first-order valence-corrected chi connectivity index (χ1v) is 11.7. The number of benzene rings is 1. The number of methoxy groups -OCH3 is 1. The van der Waals surface area contributed by atoms with Crippen LogP contribution in [0.15, 0.2) is 30.5 Å². The molecule has 3 N–H and O–H groups in total. The third-order valence-electron chi connectivity index (χ3n) is 5.93. The Balaban J connectivity index is 0.000000604. The van der Waals surface area contributed by atoms with Crippen LogP contribution in [0, 0.1) is 5.92 Å². The maximum absolute atomic E-state index is 10.9. The summed E-state index contributed by atoms with van der Waals surface area (Å²) in [5.74, 6) is -2.05. The summed E-state index contributed by atoms with van der Waals surface area (Å²) in [5, 5.41) is 26.7. The molecule has 9 heteroatoms. The predicted octanol–water partition coefficient (Wildman–Crippen LogP) is 2.88. The van der Waals surface area contributed by atoms with Gasteiger partial charge in [-0.2, -0.15) is 0 Å². The number of piperazine rings is 1. The Kier molecular flexibility index (Phi) is 11.2. The van der Waals surface area contributed by atoms with Gasteiger partial charge >= 0.3 is 11.9 Å². The summed E-state index contributed by atoms with van der Waals surface area (Å²) >= 11 is 0. The number of rotatable bonds is 9. The lowest BCUT2D eigenvalue weighted by Gasteiger charge is -2.35. The van der Waals surface area contributed by atoms with Gasteiger partial charge in [0.1, 0.15) is 5.75 Å². The van der Waals surface area contributed by atoms with Crippen molar-refractivity contribution in [1.82, 2.24) is 14.8 Å². The van der Waals surface area contributed by atoms with Crippen LogP contribution in [0.4, 0.5) is 0 Å². The molecular formula is C25H37N3O6. The molecule has 1 atom stereocenters. The van der Waals surface area contributed by atoms with Crippen LogP contribution in [-0.4, -0.2) is 88.4 Å². The first kappa shape index (κ1) is 27.5. The average Bonchev–Trinajstić information content (AvgIpc) is 2.82. The van der Waals surface area contributed by atoms with E-state index in [9.17, 15) is 5.11 Å². The topological polar surface area (TPSA) is 123 Å². The van der Waals surface area contributed by atoms with Gasteiger partial charge in [-0.05, 0) is 48.7 Å². The van der Waals surface area contributed by atoms with Crippen LogP contribution in [0.25, 0.3) is 10.9 Å². The lowest BCUT2D eigenvalue weighted by Crippen LogP contribution is -2.47. The Labute approximate surface area is 201 Å². The molecule has 2 aromatic rings. The second-order valence-electron chi connectivity index (χ2n) is 8.94. The molecule has 0 amide bonds. The zero-order valence-electron chi connectivity index (χ0n) is 20.3. The molecule has 0 aliphatic carbocycles. The largest absolute Gasteiger partial charge is 0.497 e. The number of hydrogen-bond acceptors (Lipinski definition) is 7. The normalized spacial score (nSPS) is 15.6. The van der Waals surface area contributed by atoms with Crippen LogP contribution in [0.3, 0.4) is 0 Å². The average molecular weight is 476 g/mol. The molecule has 34 heavy (non-hydrogen) atoms. The van der Waals surface area contributed by atoms with Gasteiger partial charge in [0.2, 0.25) is 0 Å². The van der Waals surface area contributed by atoms with E-state index in [1.54, 1.807) is 13.3 Å². The molecular weight excluding hydrogens is 438 g/mol. The number of carboxylic acid groups (broad SMARTS) is 2. The lowest BCUT2D eigenvalue weighted by molar-refractivity contribution is -0.159. The fourth-order valence-corrected chi connectivity index (χ4v) is 3.99. The van der Waals surface area contributed by atoms with Crippen LogP contribution in [0.5, 0.6) is 5.75 Å². The van der Waals surface area contributed by atoms with Crippen LogP contribution in [-0.2, 0) is 9.59 Å². The number of pyridine rings is 1. The Hall–Kier alpha value is -2.75. The summed E-state index contributed by atoms with van der Waals surface area (Å²) < 4.78 is 5.35. The Morgan fingerprint density at radius 3 is 2.26 bits per heavy atom. The minimum absolute atomic E-state index is 0.518. The fraction of sp³-hybridized carbons (Fsp3) is 0.560. The minimum atomic E-state index is -1.82. The molecule has 0 bridgehead atoms. The van der Waals surface area contributed by atoms with Gasteiger partial charge in [-0.3, -0.25) is 9.88 Å². The predicted molar refractivity (Wildman–Crippen MR) is 130 cm³/mol. The van der Waals surface area contributed by atoms with E-state index in [2.05, 4.69) is 28.6 Å². The van der Waals surface area contributed by atoms with E-state index in [-0.39, 0.29) is 0 Å². The number of aromatic nitrogens is 1.